The number of aromatic nitrogens is 4. The fourth-order valence-electron chi connectivity index (χ4n) is 3.85. The van der Waals surface area contributed by atoms with Gasteiger partial charge in [0.25, 0.3) is 5.91 Å². The van der Waals surface area contributed by atoms with Gasteiger partial charge in [-0.25, -0.2) is 4.68 Å². The Morgan fingerprint density at radius 3 is 2.62 bits per heavy atom. The third-order valence-corrected chi connectivity index (χ3v) is 6.69. The minimum atomic E-state index is -1.08. The third-order valence-electron chi connectivity index (χ3n) is 5.65. The molecule has 37 heavy (non-hydrogen) atoms. The number of carbonyl (C=O) groups excluding carboxylic acids is 1. The van der Waals surface area contributed by atoms with E-state index >= 15 is 0 Å². The number of fused-ring (bicyclic) bond motifs is 1. The standard InChI is InChI=1S/C26H27N5O5S/c1-16-9-10-21(17(2)13-16)36-12-6-5-11-27-25(35)20-14-22(18-7-3-4-8-19(18)24(20)34)37-26-28-29-30-31(26)15-23(32)33/h3-4,7-10,13-14,34H,5-6,11-12,15H2,1-2H3,(H,27,35)(H,32,33). The maximum atomic E-state index is 13.0. The van der Waals surface area contributed by atoms with Crippen molar-refractivity contribution in [3.63, 3.8) is 0 Å². The van der Waals surface area contributed by atoms with Gasteiger partial charge in [-0.05, 0) is 72.0 Å². The van der Waals surface area contributed by atoms with E-state index in [9.17, 15) is 14.7 Å². The number of phenolic OH excluding ortho intramolecular Hbond substituents is 1. The van der Waals surface area contributed by atoms with Crippen molar-refractivity contribution in [1.82, 2.24) is 25.5 Å². The predicted molar refractivity (Wildman–Crippen MR) is 138 cm³/mol. The number of aliphatic carboxylic acids is 1. The molecule has 1 heterocycles. The first kappa shape index (κ1) is 26.0. The van der Waals surface area contributed by atoms with Gasteiger partial charge >= 0.3 is 5.97 Å². The van der Waals surface area contributed by atoms with Crippen LogP contribution in [-0.2, 0) is 11.3 Å². The summed E-state index contributed by atoms with van der Waals surface area (Å²) in [6.45, 7) is 4.61. The highest BCUT2D eigenvalue weighted by atomic mass is 32.2. The molecular weight excluding hydrogens is 494 g/mol. The fraction of sp³-hybridized carbons (Fsp3) is 0.269. The Balaban J connectivity index is 1.42. The molecule has 11 heteroatoms. The molecule has 3 N–H and O–H groups in total. The zero-order chi connectivity index (χ0) is 26.4. The molecule has 0 saturated heterocycles. The lowest BCUT2D eigenvalue weighted by Gasteiger charge is -2.13. The number of nitrogens with zero attached hydrogens (tertiary/aromatic N) is 4. The van der Waals surface area contributed by atoms with E-state index in [1.165, 1.54) is 5.56 Å². The molecule has 192 valence electrons. The van der Waals surface area contributed by atoms with Crippen molar-refractivity contribution in [3.05, 3.63) is 65.2 Å². The molecular formula is C26H27N5O5S. The molecule has 0 fully saturated rings. The number of hydrogen-bond acceptors (Lipinski definition) is 8. The van der Waals surface area contributed by atoms with Gasteiger partial charge in [-0.2, -0.15) is 0 Å². The lowest BCUT2D eigenvalue weighted by atomic mass is 10.0. The SMILES string of the molecule is Cc1ccc(OCCCCNC(=O)c2cc(Sc3nnnn3CC(=O)O)c3ccccc3c2O)c(C)c1. The van der Waals surface area contributed by atoms with Crippen molar-refractivity contribution < 1.29 is 24.5 Å². The fourth-order valence-corrected chi connectivity index (χ4v) is 4.79. The Morgan fingerprint density at radius 1 is 1.08 bits per heavy atom. The first-order valence-electron chi connectivity index (χ1n) is 11.7. The van der Waals surface area contributed by atoms with Crippen LogP contribution in [0.4, 0.5) is 0 Å². The number of benzene rings is 3. The molecule has 0 bridgehead atoms. The van der Waals surface area contributed by atoms with Crippen molar-refractivity contribution >= 4 is 34.4 Å². The van der Waals surface area contributed by atoms with Crippen LogP contribution in [0.15, 0.2) is 58.6 Å². The predicted octanol–water partition coefficient (Wildman–Crippen LogP) is 3.97. The number of amides is 1. The molecule has 1 aromatic heterocycles. The van der Waals surface area contributed by atoms with Gasteiger partial charge in [-0.3, -0.25) is 9.59 Å². The summed E-state index contributed by atoms with van der Waals surface area (Å²) < 4.78 is 7.00. The topological polar surface area (TPSA) is 139 Å². The van der Waals surface area contributed by atoms with E-state index in [2.05, 4.69) is 26.9 Å². The van der Waals surface area contributed by atoms with Crippen LogP contribution in [0.3, 0.4) is 0 Å². The average Bonchev–Trinajstić information content (AvgIpc) is 3.29. The smallest absolute Gasteiger partial charge is 0.325 e. The number of carboxylic acid groups (broad SMARTS) is 1. The van der Waals surface area contributed by atoms with E-state index < -0.39 is 18.4 Å². The second-order valence-electron chi connectivity index (χ2n) is 8.51. The van der Waals surface area contributed by atoms with Crippen LogP contribution in [0.5, 0.6) is 11.5 Å². The second kappa shape index (κ2) is 11.7. The van der Waals surface area contributed by atoms with Crippen LogP contribution in [0.1, 0.15) is 34.3 Å². The normalized spacial score (nSPS) is 11.0. The number of carboxylic acids is 1. The molecule has 1 amide bonds. The maximum absolute atomic E-state index is 13.0. The Hall–Kier alpha value is -4.12. The molecule has 0 spiro atoms. The molecule has 0 aliphatic heterocycles. The summed E-state index contributed by atoms with van der Waals surface area (Å²) >= 11 is 1.12. The molecule has 0 aliphatic carbocycles. The Labute approximate surface area is 217 Å². The van der Waals surface area contributed by atoms with Crippen molar-refractivity contribution in [2.75, 3.05) is 13.2 Å². The van der Waals surface area contributed by atoms with Crippen LogP contribution in [-0.4, -0.2) is 55.4 Å². The first-order chi connectivity index (χ1) is 17.8. The lowest BCUT2D eigenvalue weighted by molar-refractivity contribution is -0.138. The van der Waals surface area contributed by atoms with E-state index in [0.717, 1.165) is 34.2 Å². The second-order valence-corrected chi connectivity index (χ2v) is 9.52. The Morgan fingerprint density at radius 2 is 1.86 bits per heavy atom. The first-order valence-corrected chi connectivity index (χ1v) is 12.5. The summed E-state index contributed by atoms with van der Waals surface area (Å²) in [5, 5.41) is 35.4. The molecule has 0 unspecified atom stereocenters. The largest absolute Gasteiger partial charge is 0.506 e. The zero-order valence-corrected chi connectivity index (χ0v) is 21.3. The third kappa shape index (κ3) is 6.36. The number of phenols is 1. The van der Waals surface area contributed by atoms with Gasteiger partial charge < -0.3 is 20.3 Å². The number of carbonyl (C=O) groups is 2. The van der Waals surface area contributed by atoms with Crippen molar-refractivity contribution in [3.8, 4) is 11.5 Å². The Bertz CT molecular complexity index is 1440. The van der Waals surface area contributed by atoms with Gasteiger partial charge in [0.1, 0.15) is 18.0 Å². The quantitative estimate of drug-likeness (QED) is 0.250. The number of aryl methyl sites for hydroxylation is 2. The van der Waals surface area contributed by atoms with E-state index in [0.29, 0.717) is 35.2 Å². The summed E-state index contributed by atoms with van der Waals surface area (Å²) in [5.74, 6) is -0.759. The van der Waals surface area contributed by atoms with Crippen LogP contribution in [0.25, 0.3) is 10.8 Å². The van der Waals surface area contributed by atoms with E-state index in [-0.39, 0.29) is 16.5 Å². The van der Waals surface area contributed by atoms with Crippen LogP contribution in [0.2, 0.25) is 0 Å². The van der Waals surface area contributed by atoms with Crippen molar-refractivity contribution in [2.45, 2.75) is 43.3 Å². The summed E-state index contributed by atoms with van der Waals surface area (Å²) in [5.41, 5.74) is 2.39. The molecule has 0 saturated carbocycles. The number of rotatable bonds is 11. The van der Waals surface area contributed by atoms with Crippen LogP contribution < -0.4 is 10.1 Å². The van der Waals surface area contributed by atoms with Crippen molar-refractivity contribution in [2.24, 2.45) is 0 Å². The summed E-state index contributed by atoms with van der Waals surface area (Å²) in [6, 6.07) is 14.7. The average molecular weight is 522 g/mol. The number of aromatic hydroxyl groups is 1. The van der Waals surface area contributed by atoms with E-state index in [1.54, 1.807) is 24.3 Å². The van der Waals surface area contributed by atoms with Crippen molar-refractivity contribution in [1.29, 1.82) is 0 Å². The molecule has 0 aliphatic rings. The number of nitrogens with one attached hydrogen (secondary N) is 1. The number of unbranched alkanes of at least 4 members (excludes halogenated alkanes) is 1. The highest BCUT2D eigenvalue weighted by Crippen LogP contribution is 2.38. The van der Waals surface area contributed by atoms with E-state index in [1.807, 2.05) is 32.0 Å². The molecule has 0 radical (unpaired) electrons. The molecule has 0 atom stereocenters. The van der Waals surface area contributed by atoms with Gasteiger partial charge in [0, 0.05) is 16.8 Å². The minimum Gasteiger partial charge on any atom is -0.506 e. The lowest BCUT2D eigenvalue weighted by Crippen LogP contribution is -2.25. The van der Waals surface area contributed by atoms with E-state index in [4.69, 9.17) is 9.84 Å². The highest BCUT2D eigenvalue weighted by Gasteiger charge is 2.19. The summed E-state index contributed by atoms with van der Waals surface area (Å²) in [4.78, 5) is 24.7. The monoisotopic (exact) mass is 521 g/mol. The summed E-state index contributed by atoms with van der Waals surface area (Å²) in [6.07, 6.45) is 1.46. The van der Waals surface area contributed by atoms with Crippen LogP contribution in [0, 0.1) is 13.8 Å². The van der Waals surface area contributed by atoms with Gasteiger partial charge in [0.2, 0.25) is 5.16 Å². The van der Waals surface area contributed by atoms with Crippen LogP contribution >= 0.6 is 11.8 Å². The van der Waals surface area contributed by atoms with Gasteiger partial charge in [-0.15, -0.1) is 5.10 Å². The molecule has 3 aromatic carbocycles. The zero-order valence-electron chi connectivity index (χ0n) is 20.5. The van der Waals surface area contributed by atoms with Gasteiger partial charge in [-0.1, -0.05) is 42.0 Å². The highest BCUT2D eigenvalue weighted by molar-refractivity contribution is 7.99. The Kier molecular flexibility index (Phi) is 8.24. The molecule has 4 rings (SSSR count). The number of tetrazole rings is 1. The summed E-state index contributed by atoms with van der Waals surface area (Å²) in [7, 11) is 0. The van der Waals surface area contributed by atoms with Gasteiger partial charge in [0.05, 0.1) is 12.2 Å². The minimum absolute atomic E-state index is 0.116. The maximum Gasteiger partial charge on any atom is 0.325 e. The number of hydrogen-bond donors (Lipinski definition) is 3. The molecule has 10 nitrogen and oxygen atoms in total. The number of ether oxygens (including phenoxy) is 1. The molecule has 4 aromatic rings. The van der Waals surface area contributed by atoms with Gasteiger partial charge in [0.15, 0.2) is 0 Å².